The fourth-order valence-electron chi connectivity index (χ4n) is 2.91. The first-order valence-electron chi connectivity index (χ1n) is 8.05. The number of rotatable bonds is 8. The van der Waals surface area contributed by atoms with Crippen molar-refractivity contribution in [3.05, 3.63) is 29.6 Å². The number of sulfonamides is 1. The van der Waals surface area contributed by atoms with Crippen molar-refractivity contribution >= 4 is 10.0 Å². The van der Waals surface area contributed by atoms with Gasteiger partial charge in [0, 0.05) is 12.6 Å². The van der Waals surface area contributed by atoms with Crippen LogP contribution in [0.4, 0.5) is 4.39 Å². The van der Waals surface area contributed by atoms with Gasteiger partial charge in [-0.2, -0.15) is 0 Å². The Morgan fingerprint density at radius 3 is 2.87 bits per heavy atom. The van der Waals surface area contributed by atoms with Gasteiger partial charge in [0.05, 0.1) is 11.5 Å². The maximum Gasteiger partial charge on any atom is 0.240 e. The van der Waals surface area contributed by atoms with Crippen LogP contribution in [-0.2, 0) is 10.0 Å². The molecule has 1 aromatic rings. The van der Waals surface area contributed by atoms with Crippen molar-refractivity contribution in [3.8, 4) is 0 Å². The van der Waals surface area contributed by atoms with Crippen LogP contribution in [0.3, 0.4) is 0 Å². The Hall–Kier alpha value is -1.02. The van der Waals surface area contributed by atoms with Crippen LogP contribution in [0.25, 0.3) is 0 Å². The van der Waals surface area contributed by atoms with Crippen LogP contribution in [0.2, 0.25) is 0 Å². The number of likely N-dealkylation sites (tertiary alicyclic amines) is 1. The fourth-order valence-corrected chi connectivity index (χ4v) is 4.07. The number of halogens is 1. The summed E-state index contributed by atoms with van der Waals surface area (Å²) in [6, 6.07) is 4.05. The maximum atomic E-state index is 13.2. The van der Waals surface area contributed by atoms with Crippen molar-refractivity contribution in [1.29, 1.82) is 0 Å². The third-order valence-corrected chi connectivity index (χ3v) is 5.77. The van der Waals surface area contributed by atoms with E-state index in [1.165, 1.54) is 18.2 Å². The second kappa shape index (κ2) is 8.19. The molecule has 2 N–H and O–H groups in total. The van der Waals surface area contributed by atoms with E-state index in [-0.39, 0.29) is 17.5 Å². The highest BCUT2D eigenvalue weighted by Crippen LogP contribution is 2.17. The average molecular weight is 344 g/mol. The molecular weight excluding hydrogens is 319 g/mol. The Morgan fingerprint density at radius 2 is 2.17 bits per heavy atom. The third kappa shape index (κ3) is 4.97. The number of aliphatic hydroxyl groups excluding tert-OH is 1. The molecule has 0 aromatic heterocycles. The number of unbranched alkanes of at least 4 members (excludes halogenated alkanes) is 1. The molecule has 0 saturated carbocycles. The number of aliphatic hydroxyl groups is 1. The van der Waals surface area contributed by atoms with Crippen LogP contribution in [0.1, 0.15) is 31.2 Å². The highest BCUT2D eigenvalue weighted by atomic mass is 32.2. The second-order valence-electron chi connectivity index (χ2n) is 6.03. The molecule has 1 unspecified atom stereocenters. The van der Waals surface area contributed by atoms with Gasteiger partial charge in [-0.3, -0.25) is 4.90 Å². The van der Waals surface area contributed by atoms with Crippen molar-refractivity contribution in [1.82, 2.24) is 9.62 Å². The van der Waals surface area contributed by atoms with Gasteiger partial charge in [-0.25, -0.2) is 17.5 Å². The highest BCUT2D eigenvalue weighted by molar-refractivity contribution is 7.89. The lowest BCUT2D eigenvalue weighted by Gasteiger charge is -2.22. The van der Waals surface area contributed by atoms with Gasteiger partial charge >= 0.3 is 0 Å². The van der Waals surface area contributed by atoms with Crippen LogP contribution in [0, 0.1) is 12.7 Å². The van der Waals surface area contributed by atoms with E-state index in [1.807, 2.05) is 0 Å². The average Bonchev–Trinajstić information content (AvgIpc) is 2.97. The molecule has 0 radical (unpaired) electrons. The Kier molecular flexibility index (Phi) is 6.52. The van der Waals surface area contributed by atoms with E-state index in [0.29, 0.717) is 12.1 Å². The number of nitrogens with zero attached hydrogens (tertiary/aromatic N) is 1. The Labute approximate surface area is 137 Å². The van der Waals surface area contributed by atoms with Gasteiger partial charge in [0.25, 0.3) is 0 Å². The number of aryl methyl sites for hydroxylation is 1. The minimum Gasteiger partial charge on any atom is -0.395 e. The lowest BCUT2D eigenvalue weighted by Crippen LogP contribution is -2.33. The van der Waals surface area contributed by atoms with Gasteiger partial charge in [0.2, 0.25) is 10.0 Å². The summed E-state index contributed by atoms with van der Waals surface area (Å²) in [6.45, 7) is 3.98. The summed E-state index contributed by atoms with van der Waals surface area (Å²) in [4.78, 5) is 2.36. The molecule has 1 saturated heterocycles. The highest BCUT2D eigenvalue weighted by Gasteiger charge is 2.22. The van der Waals surface area contributed by atoms with Gasteiger partial charge in [-0.05, 0) is 69.5 Å². The quantitative estimate of drug-likeness (QED) is 0.704. The fraction of sp³-hybridized carbons (Fsp3) is 0.625. The number of hydrogen-bond donors (Lipinski definition) is 2. The predicted octanol–water partition coefficient (Wildman–Crippen LogP) is 1.65. The molecule has 1 aliphatic heterocycles. The Morgan fingerprint density at radius 1 is 1.39 bits per heavy atom. The van der Waals surface area contributed by atoms with Crippen LogP contribution < -0.4 is 4.72 Å². The number of benzene rings is 1. The summed E-state index contributed by atoms with van der Waals surface area (Å²) in [6.07, 6.45) is 3.75. The summed E-state index contributed by atoms with van der Waals surface area (Å²) < 4.78 is 40.0. The largest absolute Gasteiger partial charge is 0.395 e. The molecule has 5 nitrogen and oxygen atoms in total. The summed E-state index contributed by atoms with van der Waals surface area (Å²) >= 11 is 0. The molecule has 1 aliphatic rings. The van der Waals surface area contributed by atoms with Crippen LogP contribution in [-0.4, -0.2) is 50.7 Å². The molecular formula is C16H25FN2O3S. The molecule has 23 heavy (non-hydrogen) atoms. The van der Waals surface area contributed by atoms with Crippen LogP contribution >= 0.6 is 0 Å². The molecule has 0 bridgehead atoms. The summed E-state index contributed by atoms with van der Waals surface area (Å²) in [5, 5.41) is 9.25. The van der Waals surface area contributed by atoms with E-state index in [2.05, 4.69) is 9.62 Å². The Bertz CT molecular complexity index is 622. The van der Waals surface area contributed by atoms with Gasteiger partial charge in [0.15, 0.2) is 0 Å². The van der Waals surface area contributed by atoms with E-state index >= 15 is 0 Å². The van der Waals surface area contributed by atoms with E-state index in [9.17, 15) is 17.9 Å². The zero-order valence-corrected chi connectivity index (χ0v) is 14.3. The molecule has 7 heteroatoms. The standard InChI is InChI=1S/C16H25FN2O3S/c1-13-11-15(6-7-16(13)17)23(21,22)18-8-2-3-9-19-10-4-5-14(19)12-20/h6-7,11,14,18,20H,2-5,8-10,12H2,1H3. The monoisotopic (exact) mass is 344 g/mol. The first-order chi connectivity index (χ1) is 10.9. The van der Waals surface area contributed by atoms with Gasteiger partial charge in [0.1, 0.15) is 5.82 Å². The summed E-state index contributed by atoms with van der Waals surface area (Å²) in [7, 11) is -3.58. The minimum atomic E-state index is -3.58. The normalized spacial score (nSPS) is 19.3. The van der Waals surface area contributed by atoms with Crippen molar-refractivity contribution in [2.75, 3.05) is 26.2 Å². The minimum absolute atomic E-state index is 0.0938. The van der Waals surface area contributed by atoms with Crippen molar-refractivity contribution in [2.45, 2.75) is 43.5 Å². The lowest BCUT2D eigenvalue weighted by molar-refractivity contribution is 0.157. The van der Waals surface area contributed by atoms with Crippen molar-refractivity contribution in [2.24, 2.45) is 0 Å². The topological polar surface area (TPSA) is 69.6 Å². The molecule has 1 atom stereocenters. The molecule has 1 fully saturated rings. The van der Waals surface area contributed by atoms with Gasteiger partial charge in [-0.15, -0.1) is 0 Å². The SMILES string of the molecule is Cc1cc(S(=O)(=O)NCCCCN2CCCC2CO)ccc1F. The zero-order chi connectivity index (χ0) is 16.9. The van der Waals surface area contributed by atoms with E-state index in [1.54, 1.807) is 6.92 Å². The first kappa shape index (κ1) is 18.3. The maximum absolute atomic E-state index is 13.2. The van der Waals surface area contributed by atoms with Crippen molar-refractivity contribution in [3.63, 3.8) is 0 Å². The zero-order valence-electron chi connectivity index (χ0n) is 13.5. The smallest absolute Gasteiger partial charge is 0.240 e. The van der Waals surface area contributed by atoms with Crippen LogP contribution in [0.5, 0.6) is 0 Å². The van der Waals surface area contributed by atoms with E-state index in [4.69, 9.17) is 0 Å². The number of nitrogens with one attached hydrogen (secondary N) is 1. The predicted molar refractivity (Wildman–Crippen MR) is 87.2 cm³/mol. The van der Waals surface area contributed by atoms with Crippen LogP contribution in [0.15, 0.2) is 23.1 Å². The molecule has 1 heterocycles. The molecule has 2 rings (SSSR count). The van der Waals surface area contributed by atoms with E-state index in [0.717, 1.165) is 38.8 Å². The third-order valence-electron chi connectivity index (χ3n) is 4.31. The lowest BCUT2D eigenvalue weighted by atomic mass is 10.2. The molecule has 130 valence electrons. The molecule has 0 amide bonds. The first-order valence-corrected chi connectivity index (χ1v) is 9.53. The summed E-state index contributed by atoms with van der Waals surface area (Å²) in [5.41, 5.74) is 0.317. The molecule has 1 aromatic carbocycles. The Balaban J connectivity index is 1.75. The van der Waals surface area contributed by atoms with Crippen molar-refractivity contribution < 1.29 is 17.9 Å². The number of hydrogen-bond acceptors (Lipinski definition) is 4. The molecule has 0 spiro atoms. The van der Waals surface area contributed by atoms with Gasteiger partial charge < -0.3 is 5.11 Å². The van der Waals surface area contributed by atoms with Gasteiger partial charge in [-0.1, -0.05) is 0 Å². The summed E-state index contributed by atoms with van der Waals surface area (Å²) in [5.74, 6) is -0.409. The molecule has 0 aliphatic carbocycles. The second-order valence-corrected chi connectivity index (χ2v) is 7.80. The van der Waals surface area contributed by atoms with E-state index < -0.39 is 15.8 Å².